The smallest absolute Gasteiger partial charge is 0.305 e. The van der Waals surface area contributed by atoms with E-state index in [9.17, 15) is 9.59 Å². The number of ether oxygens (including phenoxy) is 2. The Bertz CT molecular complexity index is 436. The van der Waals surface area contributed by atoms with Crippen LogP contribution in [-0.4, -0.2) is 35.9 Å². The molecule has 3 atom stereocenters. The molecule has 1 aliphatic carbocycles. The van der Waals surface area contributed by atoms with Crippen LogP contribution >= 0.6 is 0 Å². The first-order valence-electron chi connectivity index (χ1n) is 11.2. The lowest BCUT2D eigenvalue weighted by molar-refractivity contribution is -0.144. The lowest BCUT2D eigenvalue weighted by Gasteiger charge is -2.18. The number of fused-ring (bicyclic) bond motifs is 1. The molecule has 2 rings (SSSR count). The van der Waals surface area contributed by atoms with Gasteiger partial charge < -0.3 is 14.6 Å². The van der Waals surface area contributed by atoms with E-state index in [4.69, 9.17) is 14.6 Å². The van der Waals surface area contributed by atoms with Gasteiger partial charge in [-0.15, -0.1) is 0 Å². The predicted molar refractivity (Wildman–Crippen MR) is 105 cm³/mol. The van der Waals surface area contributed by atoms with Gasteiger partial charge in [0, 0.05) is 12.8 Å². The lowest BCUT2D eigenvalue weighted by atomic mass is 9.85. The number of carbonyl (C=O) groups excluding carboxylic acids is 1. The Kier molecular flexibility index (Phi) is 10.8. The molecule has 1 heterocycles. The Morgan fingerprint density at radius 3 is 2.19 bits per heavy atom. The highest BCUT2D eigenvalue weighted by Crippen LogP contribution is 2.41. The van der Waals surface area contributed by atoms with Gasteiger partial charge in [0.1, 0.15) is 0 Å². The maximum absolute atomic E-state index is 11.5. The number of aliphatic carboxylic acids is 1. The summed E-state index contributed by atoms with van der Waals surface area (Å²) in [4.78, 5) is 21.9. The van der Waals surface area contributed by atoms with Crippen molar-refractivity contribution in [3.05, 3.63) is 0 Å². The lowest BCUT2D eigenvalue weighted by Crippen LogP contribution is -2.13. The van der Waals surface area contributed by atoms with Crippen molar-refractivity contribution in [2.75, 3.05) is 6.61 Å². The van der Waals surface area contributed by atoms with Crippen LogP contribution in [0.5, 0.6) is 0 Å². The van der Waals surface area contributed by atoms with Gasteiger partial charge in [0.25, 0.3) is 0 Å². The molecular weight excluding hydrogens is 344 g/mol. The maximum Gasteiger partial charge on any atom is 0.305 e. The van der Waals surface area contributed by atoms with Crippen molar-refractivity contribution in [1.82, 2.24) is 0 Å². The monoisotopic (exact) mass is 382 g/mol. The van der Waals surface area contributed by atoms with E-state index in [0.29, 0.717) is 38.1 Å². The van der Waals surface area contributed by atoms with Crippen LogP contribution in [0.25, 0.3) is 0 Å². The summed E-state index contributed by atoms with van der Waals surface area (Å²) in [6.45, 7) is 0.505. The number of epoxide rings is 1. The summed E-state index contributed by atoms with van der Waals surface area (Å²) in [5.74, 6) is -0.0743. The minimum Gasteiger partial charge on any atom is -0.481 e. The predicted octanol–water partition coefficient (Wildman–Crippen LogP) is 5.25. The second-order valence-electron chi connectivity index (χ2n) is 8.33. The molecule has 3 unspecified atom stereocenters. The van der Waals surface area contributed by atoms with Crippen molar-refractivity contribution in [3.63, 3.8) is 0 Å². The molecule has 0 aromatic rings. The van der Waals surface area contributed by atoms with E-state index < -0.39 is 5.97 Å². The van der Waals surface area contributed by atoms with Gasteiger partial charge in [-0.2, -0.15) is 0 Å². The first-order chi connectivity index (χ1) is 13.1. The minimum absolute atomic E-state index is 0.129. The van der Waals surface area contributed by atoms with E-state index in [1.54, 1.807) is 0 Å². The van der Waals surface area contributed by atoms with Crippen LogP contribution in [0.1, 0.15) is 103 Å². The van der Waals surface area contributed by atoms with Gasteiger partial charge in [0.05, 0.1) is 18.8 Å². The summed E-state index contributed by atoms with van der Waals surface area (Å²) >= 11 is 0. The largest absolute Gasteiger partial charge is 0.481 e. The first-order valence-corrected chi connectivity index (χ1v) is 11.2. The topological polar surface area (TPSA) is 76.1 Å². The second kappa shape index (κ2) is 13.1. The average molecular weight is 383 g/mol. The molecular formula is C22H38O5. The fourth-order valence-corrected chi connectivity index (χ4v) is 4.15. The normalized spacial score (nSPS) is 23.6. The third-order valence-corrected chi connectivity index (χ3v) is 5.90. The maximum atomic E-state index is 11.5. The van der Waals surface area contributed by atoms with Crippen LogP contribution in [0, 0.1) is 5.92 Å². The molecule has 1 N–H and O–H groups in total. The van der Waals surface area contributed by atoms with Gasteiger partial charge in [0.2, 0.25) is 0 Å². The Hall–Kier alpha value is -1.10. The standard InChI is InChI=1S/C22H38O5/c23-21(24)12-8-9-13-22(25)26-16-10-6-4-2-1-3-5-7-11-18-14-15-19-20(17-18)27-19/h18-20H,1-17H2,(H,23,24). The van der Waals surface area contributed by atoms with E-state index in [-0.39, 0.29) is 12.4 Å². The highest BCUT2D eigenvalue weighted by atomic mass is 16.6. The number of carboxylic acid groups (broad SMARTS) is 1. The Morgan fingerprint density at radius 2 is 1.48 bits per heavy atom. The Morgan fingerprint density at radius 1 is 0.815 bits per heavy atom. The number of esters is 1. The van der Waals surface area contributed by atoms with Crippen molar-refractivity contribution in [2.24, 2.45) is 5.92 Å². The number of hydrogen-bond acceptors (Lipinski definition) is 4. The summed E-state index contributed by atoms with van der Waals surface area (Å²) in [5.41, 5.74) is 0. The second-order valence-corrected chi connectivity index (χ2v) is 8.33. The van der Waals surface area contributed by atoms with E-state index in [0.717, 1.165) is 18.8 Å². The molecule has 2 aliphatic rings. The van der Waals surface area contributed by atoms with Crippen LogP contribution in [0.4, 0.5) is 0 Å². The highest BCUT2D eigenvalue weighted by Gasteiger charge is 2.43. The van der Waals surface area contributed by atoms with Crippen molar-refractivity contribution in [2.45, 2.75) is 115 Å². The summed E-state index contributed by atoms with van der Waals surface area (Å²) in [6, 6.07) is 0. The van der Waals surface area contributed by atoms with E-state index in [1.165, 1.54) is 64.2 Å². The highest BCUT2D eigenvalue weighted by molar-refractivity contribution is 5.69. The first kappa shape index (κ1) is 22.2. The number of carbonyl (C=O) groups is 2. The van der Waals surface area contributed by atoms with Gasteiger partial charge in [-0.05, 0) is 44.4 Å². The van der Waals surface area contributed by atoms with Crippen LogP contribution in [0.2, 0.25) is 0 Å². The molecule has 5 heteroatoms. The van der Waals surface area contributed by atoms with Crippen LogP contribution < -0.4 is 0 Å². The molecule has 156 valence electrons. The molecule has 27 heavy (non-hydrogen) atoms. The third kappa shape index (κ3) is 10.7. The zero-order valence-corrected chi connectivity index (χ0v) is 16.8. The summed E-state index contributed by atoms with van der Waals surface area (Å²) in [6.07, 6.45) is 18.2. The van der Waals surface area contributed by atoms with Crippen LogP contribution in [0.15, 0.2) is 0 Å². The molecule has 0 aromatic heterocycles. The molecule has 5 nitrogen and oxygen atoms in total. The third-order valence-electron chi connectivity index (χ3n) is 5.90. The summed E-state index contributed by atoms with van der Waals surface area (Å²) in [5, 5.41) is 8.53. The van der Waals surface area contributed by atoms with Gasteiger partial charge >= 0.3 is 11.9 Å². The van der Waals surface area contributed by atoms with Crippen molar-refractivity contribution in [3.8, 4) is 0 Å². The van der Waals surface area contributed by atoms with Crippen LogP contribution in [0.3, 0.4) is 0 Å². The number of rotatable bonds is 16. The van der Waals surface area contributed by atoms with Gasteiger partial charge in [-0.25, -0.2) is 0 Å². The number of unbranched alkanes of at least 4 members (excludes halogenated alkanes) is 8. The Labute approximate surface area is 164 Å². The zero-order chi connectivity index (χ0) is 19.3. The van der Waals surface area contributed by atoms with Gasteiger partial charge in [-0.3, -0.25) is 9.59 Å². The number of carboxylic acids is 1. The van der Waals surface area contributed by atoms with Gasteiger partial charge in [-0.1, -0.05) is 51.4 Å². The Balaban J connectivity index is 1.26. The zero-order valence-electron chi connectivity index (χ0n) is 16.8. The average Bonchev–Trinajstić information content (AvgIpc) is 3.42. The van der Waals surface area contributed by atoms with Crippen LogP contribution in [-0.2, 0) is 19.1 Å². The fraction of sp³-hybridized carbons (Fsp3) is 0.909. The molecule has 0 aromatic carbocycles. The van der Waals surface area contributed by atoms with E-state index in [2.05, 4.69) is 0 Å². The molecule has 1 saturated carbocycles. The fourth-order valence-electron chi connectivity index (χ4n) is 4.15. The van der Waals surface area contributed by atoms with Crippen molar-refractivity contribution >= 4 is 11.9 Å². The summed E-state index contributed by atoms with van der Waals surface area (Å²) in [7, 11) is 0. The van der Waals surface area contributed by atoms with E-state index in [1.807, 2.05) is 0 Å². The van der Waals surface area contributed by atoms with Crippen molar-refractivity contribution in [1.29, 1.82) is 0 Å². The molecule has 0 bridgehead atoms. The minimum atomic E-state index is -0.807. The number of hydrogen-bond donors (Lipinski definition) is 1. The molecule has 1 aliphatic heterocycles. The van der Waals surface area contributed by atoms with Gasteiger partial charge in [0.15, 0.2) is 0 Å². The molecule has 0 amide bonds. The molecule has 0 radical (unpaired) electrons. The molecule has 2 fully saturated rings. The molecule has 0 spiro atoms. The quantitative estimate of drug-likeness (QED) is 0.224. The van der Waals surface area contributed by atoms with Crippen molar-refractivity contribution < 1.29 is 24.2 Å². The molecule has 1 saturated heterocycles. The SMILES string of the molecule is O=C(O)CCCCC(=O)OCCCCCCCCCCC1CCC2OC2C1. The summed E-state index contributed by atoms with van der Waals surface area (Å²) < 4.78 is 10.8. The van der Waals surface area contributed by atoms with E-state index >= 15 is 0 Å².